The van der Waals surface area contributed by atoms with Crippen molar-refractivity contribution in [2.45, 2.75) is 76.5 Å². The molecule has 7 atom stereocenters. The number of ether oxygens (including phenoxy) is 1. The Bertz CT molecular complexity index is 837. The number of carbonyl (C=O) groups is 4. The van der Waals surface area contributed by atoms with Crippen molar-refractivity contribution in [1.29, 1.82) is 0 Å². The molecule has 4 fully saturated rings. The molecule has 30 heavy (non-hydrogen) atoms. The number of hydrogen-bond acceptors (Lipinski definition) is 5. The smallest absolute Gasteiger partial charge is 0.326 e. The van der Waals surface area contributed by atoms with Gasteiger partial charge in [0.1, 0.15) is 6.04 Å². The maximum Gasteiger partial charge on any atom is 0.326 e. The van der Waals surface area contributed by atoms with Gasteiger partial charge in [-0.2, -0.15) is 0 Å². The van der Waals surface area contributed by atoms with Crippen LogP contribution in [0.4, 0.5) is 0 Å². The van der Waals surface area contributed by atoms with Gasteiger partial charge in [-0.05, 0) is 56.4 Å². The number of aliphatic carboxylic acids is 2. The zero-order valence-corrected chi connectivity index (χ0v) is 17.3. The van der Waals surface area contributed by atoms with Gasteiger partial charge in [-0.15, -0.1) is 0 Å². The molecule has 8 heteroatoms. The molecule has 2 heterocycles. The molecule has 5 aliphatic rings. The zero-order chi connectivity index (χ0) is 21.9. The van der Waals surface area contributed by atoms with E-state index in [1.807, 2.05) is 6.92 Å². The molecule has 0 aromatic rings. The van der Waals surface area contributed by atoms with Gasteiger partial charge in [0, 0.05) is 24.2 Å². The SMILES string of the molecule is C[C@@]12C[C@@]34C=CC(=O)[C@@](C)(CCC(=O)N[C@@H](CCC(=O)O)C(=O)O)[C@@H]3[C@H](C[C@@H]1C4)O2. The van der Waals surface area contributed by atoms with E-state index in [2.05, 4.69) is 18.3 Å². The lowest BCUT2D eigenvalue weighted by atomic mass is 9.51. The molecule has 3 aliphatic carbocycles. The molecule has 2 saturated heterocycles. The molecule has 2 aliphatic heterocycles. The first-order valence-electron chi connectivity index (χ1n) is 10.6. The molecule has 3 N–H and O–H groups in total. The molecule has 5 rings (SSSR count). The van der Waals surface area contributed by atoms with Crippen LogP contribution >= 0.6 is 0 Å². The molecule has 2 saturated carbocycles. The summed E-state index contributed by atoms with van der Waals surface area (Å²) in [7, 11) is 0. The molecule has 0 aromatic heterocycles. The van der Waals surface area contributed by atoms with E-state index in [1.165, 1.54) is 0 Å². The van der Waals surface area contributed by atoms with Gasteiger partial charge in [0.05, 0.1) is 11.7 Å². The minimum Gasteiger partial charge on any atom is -0.481 e. The van der Waals surface area contributed by atoms with Crippen LogP contribution in [0.3, 0.4) is 0 Å². The maximum atomic E-state index is 13.0. The van der Waals surface area contributed by atoms with Crippen LogP contribution in [0.15, 0.2) is 12.2 Å². The lowest BCUT2D eigenvalue weighted by Crippen LogP contribution is -2.56. The van der Waals surface area contributed by atoms with Crippen LogP contribution < -0.4 is 5.32 Å². The first-order valence-corrected chi connectivity index (χ1v) is 10.6. The number of carbonyl (C=O) groups excluding carboxylic acids is 2. The van der Waals surface area contributed by atoms with Gasteiger partial charge < -0.3 is 20.3 Å². The van der Waals surface area contributed by atoms with Crippen molar-refractivity contribution in [3.8, 4) is 0 Å². The molecule has 0 radical (unpaired) electrons. The summed E-state index contributed by atoms with van der Waals surface area (Å²) >= 11 is 0. The number of carboxylic acids is 2. The van der Waals surface area contributed by atoms with Crippen LogP contribution in [-0.2, 0) is 23.9 Å². The predicted molar refractivity (Wildman–Crippen MR) is 104 cm³/mol. The minimum absolute atomic E-state index is 0.00543. The van der Waals surface area contributed by atoms with Gasteiger partial charge in [-0.25, -0.2) is 4.79 Å². The normalized spacial score (nSPS) is 41.5. The van der Waals surface area contributed by atoms with Crippen molar-refractivity contribution in [1.82, 2.24) is 5.32 Å². The third kappa shape index (κ3) is 3.16. The Hall–Kier alpha value is -2.22. The summed E-state index contributed by atoms with van der Waals surface area (Å²) in [6.45, 7) is 4.08. The van der Waals surface area contributed by atoms with Gasteiger partial charge in [-0.1, -0.05) is 13.0 Å². The van der Waals surface area contributed by atoms with Crippen LogP contribution in [0, 0.1) is 22.7 Å². The fourth-order valence-corrected chi connectivity index (χ4v) is 6.81. The fourth-order valence-electron chi connectivity index (χ4n) is 6.81. The Kier molecular flexibility index (Phi) is 4.84. The summed E-state index contributed by atoms with van der Waals surface area (Å²) in [5.74, 6) is -2.34. The molecule has 0 unspecified atom stereocenters. The first kappa shape index (κ1) is 21.0. The number of hydrogen-bond donors (Lipinski definition) is 3. The average Bonchev–Trinajstić information content (AvgIpc) is 3.02. The third-order valence-electron chi connectivity index (χ3n) is 8.07. The van der Waals surface area contributed by atoms with Crippen LogP contribution in [0.2, 0.25) is 0 Å². The van der Waals surface area contributed by atoms with E-state index in [0.717, 1.165) is 19.3 Å². The van der Waals surface area contributed by atoms with Gasteiger partial charge in [-0.3, -0.25) is 14.4 Å². The summed E-state index contributed by atoms with van der Waals surface area (Å²) in [6, 6.07) is -1.25. The van der Waals surface area contributed by atoms with Crippen LogP contribution in [-0.4, -0.2) is 51.6 Å². The van der Waals surface area contributed by atoms with E-state index >= 15 is 0 Å². The van der Waals surface area contributed by atoms with Crippen LogP contribution in [0.25, 0.3) is 0 Å². The number of nitrogens with one attached hydrogen (secondary N) is 1. The monoisotopic (exact) mass is 419 g/mol. The molecule has 8 nitrogen and oxygen atoms in total. The molecule has 4 bridgehead atoms. The Balaban J connectivity index is 1.46. The topological polar surface area (TPSA) is 130 Å². The number of rotatable bonds is 8. The Morgan fingerprint density at radius 2 is 2.00 bits per heavy atom. The van der Waals surface area contributed by atoms with Crippen molar-refractivity contribution in [3.05, 3.63) is 12.2 Å². The first-order chi connectivity index (χ1) is 14.0. The van der Waals surface area contributed by atoms with Crippen LogP contribution in [0.5, 0.6) is 0 Å². The summed E-state index contributed by atoms with van der Waals surface area (Å²) in [5.41, 5.74) is -0.930. The Labute approximate surface area is 175 Å². The lowest BCUT2D eigenvalue weighted by molar-refractivity contribution is -0.169. The highest BCUT2D eigenvalue weighted by atomic mass is 16.5. The average molecular weight is 419 g/mol. The highest BCUT2D eigenvalue weighted by Crippen LogP contribution is 2.71. The zero-order valence-electron chi connectivity index (χ0n) is 17.3. The number of amides is 1. The van der Waals surface area contributed by atoms with Crippen molar-refractivity contribution >= 4 is 23.6 Å². The number of ketones is 1. The van der Waals surface area contributed by atoms with Crippen molar-refractivity contribution in [2.24, 2.45) is 22.7 Å². The van der Waals surface area contributed by atoms with E-state index in [1.54, 1.807) is 6.08 Å². The van der Waals surface area contributed by atoms with Crippen LogP contribution in [0.1, 0.15) is 58.8 Å². The van der Waals surface area contributed by atoms with E-state index in [4.69, 9.17) is 9.84 Å². The Morgan fingerprint density at radius 1 is 1.27 bits per heavy atom. The molecule has 164 valence electrons. The second-order valence-corrected chi connectivity index (χ2v) is 10.00. The standard InChI is InChI=1S/C22H29NO7/c1-20(7-6-16(25)23-13(19(28)29)3-4-17(26)27)15(24)5-8-22-10-12-9-14(18(20)22)30-21(12,2)11-22/h5,8,12-14,18H,3-4,6-7,9-11H2,1-2H3,(H,23,25)(H,26,27)(H,28,29)/t12-,13+,14+,18+,20-,21-,22+/m1/s1. The predicted octanol–water partition coefficient (Wildman–Crippen LogP) is 1.92. The maximum absolute atomic E-state index is 13.0. The van der Waals surface area contributed by atoms with Gasteiger partial charge in [0.2, 0.25) is 5.91 Å². The third-order valence-corrected chi connectivity index (χ3v) is 8.07. The highest BCUT2D eigenvalue weighted by Gasteiger charge is 2.71. The number of carboxylic acid groups (broad SMARTS) is 2. The van der Waals surface area contributed by atoms with E-state index in [-0.39, 0.29) is 48.1 Å². The molecular formula is C22H29NO7. The second kappa shape index (κ2) is 6.90. The summed E-state index contributed by atoms with van der Waals surface area (Å²) < 4.78 is 6.38. The summed E-state index contributed by atoms with van der Waals surface area (Å²) in [6.07, 6.45) is 6.40. The second-order valence-electron chi connectivity index (χ2n) is 10.00. The van der Waals surface area contributed by atoms with Gasteiger partial charge in [0.25, 0.3) is 0 Å². The minimum atomic E-state index is -1.27. The largest absolute Gasteiger partial charge is 0.481 e. The quantitative estimate of drug-likeness (QED) is 0.548. The molecule has 0 aromatic carbocycles. The van der Waals surface area contributed by atoms with E-state index in [9.17, 15) is 24.3 Å². The number of allylic oxidation sites excluding steroid dienone is 2. The fraction of sp³-hybridized carbons (Fsp3) is 0.727. The van der Waals surface area contributed by atoms with Crippen molar-refractivity contribution < 1.29 is 34.1 Å². The van der Waals surface area contributed by atoms with E-state index < -0.39 is 29.3 Å². The van der Waals surface area contributed by atoms with E-state index in [0.29, 0.717) is 12.3 Å². The molecule has 1 amide bonds. The lowest BCUT2D eigenvalue weighted by Gasteiger charge is -2.55. The summed E-state index contributed by atoms with van der Waals surface area (Å²) in [5, 5.41) is 20.4. The summed E-state index contributed by atoms with van der Waals surface area (Å²) in [4.78, 5) is 47.5. The van der Waals surface area contributed by atoms with Crippen molar-refractivity contribution in [2.75, 3.05) is 0 Å². The molecular weight excluding hydrogens is 390 g/mol. The van der Waals surface area contributed by atoms with Gasteiger partial charge >= 0.3 is 11.9 Å². The molecule has 1 spiro atoms. The van der Waals surface area contributed by atoms with Gasteiger partial charge in [0.15, 0.2) is 5.78 Å². The Morgan fingerprint density at radius 3 is 2.63 bits per heavy atom. The highest BCUT2D eigenvalue weighted by molar-refractivity contribution is 5.96. The van der Waals surface area contributed by atoms with Crippen molar-refractivity contribution in [3.63, 3.8) is 0 Å².